The van der Waals surface area contributed by atoms with Crippen molar-refractivity contribution in [3.05, 3.63) is 53.4 Å². The van der Waals surface area contributed by atoms with E-state index >= 15 is 0 Å². The zero-order chi connectivity index (χ0) is 18.6. The lowest BCUT2D eigenvalue weighted by Crippen LogP contribution is -2.41. The lowest BCUT2D eigenvalue weighted by molar-refractivity contribution is -0.129. The van der Waals surface area contributed by atoms with Crippen molar-refractivity contribution in [1.82, 2.24) is 10.1 Å². The third kappa shape index (κ3) is 5.17. The second-order valence-corrected chi connectivity index (χ2v) is 9.04. The summed E-state index contributed by atoms with van der Waals surface area (Å²) in [5.74, 6) is 0.0459. The number of hydrogen-bond donors (Lipinski definition) is 0. The molecule has 3 rings (SSSR count). The van der Waals surface area contributed by atoms with Crippen LogP contribution >= 0.6 is 0 Å². The van der Waals surface area contributed by atoms with E-state index in [4.69, 9.17) is 4.52 Å². The van der Waals surface area contributed by atoms with E-state index in [9.17, 15) is 13.2 Å². The lowest BCUT2D eigenvalue weighted by Gasteiger charge is -2.32. The highest BCUT2D eigenvalue weighted by Gasteiger charge is 2.27. The Balaban J connectivity index is 1.48. The highest BCUT2D eigenvalue weighted by Crippen LogP contribution is 2.22. The van der Waals surface area contributed by atoms with Crippen LogP contribution in [0.15, 0.2) is 40.9 Å². The largest absolute Gasteiger partial charge is 0.361 e. The van der Waals surface area contributed by atoms with Gasteiger partial charge in [-0.25, -0.2) is 8.42 Å². The van der Waals surface area contributed by atoms with Crippen LogP contribution in [-0.2, 0) is 26.8 Å². The van der Waals surface area contributed by atoms with Crippen molar-refractivity contribution in [2.24, 2.45) is 5.92 Å². The molecule has 0 radical (unpaired) electrons. The van der Waals surface area contributed by atoms with E-state index in [0.717, 1.165) is 19.3 Å². The van der Waals surface area contributed by atoms with Gasteiger partial charge in [0.15, 0.2) is 9.84 Å². The molecule has 26 heavy (non-hydrogen) atoms. The van der Waals surface area contributed by atoms with Gasteiger partial charge in [0.1, 0.15) is 11.5 Å². The molecule has 1 aliphatic heterocycles. The number of aryl methyl sites for hydroxylation is 1. The molecule has 6 nitrogen and oxygen atoms in total. The quantitative estimate of drug-likeness (QED) is 0.773. The van der Waals surface area contributed by atoms with Gasteiger partial charge in [-0.1, -0.05) is 35.5 Å². The van der Waals surface area contributed by atoms with E-state index in [1.807, 2.05) is 18.2 Å². The number of nitrogens with zero attached hydrogens (tertiary/aromatic N) is 2. The number of likely N-dealkylation sites (tertiary alicyclic amines) is 1. The second kappa shape index (κ2) is 8.03. The summed E-state index contributed by atoms with van der Waals surface area (Å²) in [6.45, 7) is 2.94. The van der Waals surface area contributed by atoms with Crippen LogP contribution in [-0.4, -0.2) is 43.2 Å². The minimum Gasteiger partial charge on any atom is -0.361 e. The molecule has 1 aromatic heterocycles. The Morgan fingerprint density at radius 3 is 2.54 bits per heavy atom. The molecule has 0 aliphatic carbocycles. The van der Waals surface area contributed by atoms with Crippen molar-refractivity contribution in [3.8, 4) is 0 Å². The molecular formula is C19H24N2O4S. The summed E-state index contributed by atoms with van der Waals surface area (Å²) in [4.78, 5) is 14.1. The van der Waals surface area contributed by atoms with Gasteiger partial charge in [-0.2, -0.15) is 0 Å². The van der Waals surface area contributed by atoms with E-state index < -0.39 is 15.6 Å². The summed E-state index contributed by atoms with van der Waals surface area (Å²) < 4.78 is 29.4. The van der Waals surface area contributed by atoms with Gasteiger partial charge in [-0.05, 0) is 37.7 Å². The summed E-state index contributed by atoms with van der Waals surface area (Å²) >= 11 is 0. The van der Waals surface area contributed by atoms with E-state index in [1.165, 1.54) is 5.56 Å². The Morgan fingerprint density at radius 1 is 1.23 bits per heavy atom. The minimum absolute atomic E-state index is 0.263. The molecular weight excluding hydrogens is 352 g/mol. The number of aromatic nitrogens is 1. The van der Waals surface area contributed by atoms with Gasteiger partial charge in [0.2, 0.25) is 5.91 Å². The predicted molar refractivity (Wildman–Crippen MR) is 98.2 cm³/mol. The number of sulfone groups is 1. The van der Waals surface area contributed by atoms with Gasteiger partial charge in [0.25, 0.3) is 0 Å². The fraction of sp³-hybridized carbons (Fsp3) is 0.474. The maximum Gasteiger partial charge on any atom is 0.237 e. The summed E-state index contributed by atoms with van der Waals surface area (Å²) in [6.07, 6.45) is 2.82. The molecule has 0 atom stereocenters. The summed E-state index contributed by atoms with van der Waals surface area (Å²) in [7, 11) is -3.55. The molecule has 1 amide bonds. The van der Waals surface area contributed by atoms with Crippen molar-refractivity contribution in [2.75, 3.05) is 18.8 Å². The Morgan fingerprint density at radius 2 is 1.92 bits per heavy atom. The number of hydrogen-bond acceptors (Lipinski definition) is 5. The molecule has 0 bridgehead atoms. The Kier molecular flexibility index (Phi) is 5.76. The van der Waals surface area contributed by atoms with Crippen LogP contribution in [0.3, 0.4) is 0 Å². The third-order valence-electron chi connectivity index (χ3n) is 4.72. The van der Waals surface area contributed by atoms with Crippen LogP contribution < -0.4 is 0 Å². The number of benzene rings is 1. The molecule has 1 aromatic carbocycles. The van der Waals surface area contributed by atoms with Crippen molar-refractivity contribution < 1.29 is 17.7 Å². The molecule has 0 spiro atoms. The van der Waals surface area contributed by atoms with Crippen LogP contribution in [0, 0.1) is 12.8 Å². The first kappa shape index (κ1) is 18.6. The average molecular weight is 376 g/mol. The van der Waals surface area contributed by atoms with Crippen LogP contribution in [0.1, 0.15) is 29.9 Å². The second-order valence-electron chi connectivity index (χ2n) is 6.98. The molecule has 1 aliphatic rings. The molecule has 2 heterocycles. The standard InChI is InChI=1S/C19H24N2O4S/c1-15-11-18(20-25-15)13-26(23,24)14-19(22)21-9-7-17(8-10-21)12-16-5-3-2-4-6-16/h2-6,11,17H,7-10,12-14H2,1H3. The van der Waals surface area contributed by atoms with Gasteiger partial charge >= 0.3 is 0 Å². The monoisotopic (exact) mass is 376 g/mol. The van der Waals surface area contributed by atoms with Crippen molar-refractivity contribution in [3.63, 3.8) is 0 Å². The first-order valence-corrected chi connectivity index (χ1v) is 10.7. The number of rotatable bonds is 6. The Labute approximate surface area is 154 Å². The molecule has 1 fully saturated rings. The first-order valence-electron chi connectivity index (χ1n) is 8.85. The van der Waals surface area contributed by atoms with Crippen molar-refractivity contribution >= 4 is 15.7 Å². The van der Waals surface area contributed by atoms with Crippen molar-refractivity contribution in [1.29, 1.82) is 0 Å². The maximum atomic E-state index is 12.4. The van der Waals surface area contributed by atoms with E-state index in [-0.39, 0.29) is 11.7 Å². The van der Waals surface area contributed by atoms with Gasteiger partial charge in [0.05, 0.1) is 11.4 Å². The Hall–Kier alpha value is -2.15. The van der Waals surface area contributed by atoms with E-state index in [2.05, 4.69) is 17.3 Å². The zero-order valence-corrected chi connectivity index (χ0v) is 15.7. The summed E-state index contributed by atoms with van der Waals surface area (Å²) in [6, 6.07) is 11.9. The zero-order valence-electron chi connectivity index (χ0n) is 14.9. The van der Waals surface area contributed by atoms with Crippen LogP contribution in [0.2, 0.25) is 0 Å². The lowest BCUT2D eigenvalue weighted by atomic mass is 9.90. The van der Waals surface area contributed by atoms with Crippen LogP contribution in [0.25, 0.3) is 0 Å². The molecule has 140 valence electrons. The summed E-state index contributed by atoms with van der Waals surface area (Å²) in [5, 5.41) is 3.69. The normalized spacial score (nSPS) is 16.0. The van der Waals surface area contributed by atoms with Crippen LogP contribution in [0.4, 0.5) is 0 Å². The SMILES string of the molecule is Cc1cc(CS(=O)(=O)CC(=O)N2CCC(Cc3ccccc3)CC2)no1. The smallest absolute Gasteiger partial charge is 0.237 e. The molecule has 0 saturated carbocycles. The molecule has 0 unspecified atom stereocenters. The van der Waals surface area contributed by atoms with Crippen LogP contribution in [0.5, 0.6) is 0 Å². The van der Waals surface area contributed by atoms with Gasteiger partial charge < -0.3 is 9.42 Å². The summed E-state index contributed by atoms with van der Waals surface area (Å²) in [5.41, 5.74) is 1.65. The highest BCUT2D eigenvalue weighted by molar-refractivity contribution is 7.91. The minimum atomic E-state index is -3.55. The third-order valence-corrected chi connectivity index (χ3v) is 6.14. The average Bonchev–Trinajstić information content (AvgIpc) is 3.00. The Bertz CT molecular complexity index is 837. The fourth-order valence-corrected chi connectivity index (χ4v) is 4.62. The number of amides is 1. The fourth-order valence-electron chi connectivity index (χ4n) is 3.38. The number of piperidine rings is 1. The van der Waals surface area contributed by atoms with E-state index in [0.29, 0.717) is 30.5 Å². The highest BCUT2D eigenvalue weighted by atomic mass is 32.2. The van der Waals surface area contributed by atoms with Gasteiger partial charge in [0, 0.05) is 19.2 Å². The molecule has 2 aromatic rings. The maximum absolute atomic E-state index is 12.4. The predicted octanol–water partition coefficient (Wildman–Crippen LogP) is 2.38. The number of carbonyl (C=O) groups excluding carboxylic acids is 1. The molecule has 0 N–H and O–H groups in total. The topological polar surface area (TPSA) is 80.5 Å². The van der Waals surface area contributed by atoms with Crippen molar-refractivity contribution in [2.45, 2.75) is 31.9 Å². The van der Waals surface area contributed by atoms with Gasteiger partial charge in [-0.15, -0.1) is 0 Å². The molecule has 7 heteroatoms. The molecule has 1 saturated heterocycles. The number of carbonyl (C=O) groups is 1. The first-order chi connectivity index (χ1) is 12.4. The van der Waals surface area contributed by atoms with Gasteiger partial charge in [-0.3, -0.25) is 4.79 Å². The van der Waals surface area contributed by atoms with E-state index in [1.54, 1.807) is 17.9 Å².